The first-order chi connectivity index (χ1) is 6.81. The van der Waals surface area contributed by atoms with Crippen LogP contribution in [0.5, 0.6) is 0 Å². The third kappa shape index (κ3) is 1.51. The summed E-state index contributed by atoms with van der Waals surface area (Å²) >= 11 is 0. The third-order valence-electron chi connectivity index (χ3n) is 2.49. The Hall–Kier alpha value is -1.71. The van der Waals surface area contributed by atoms with Crippen molar-refractivity contribution in [3.63, 3.8) is 0 Å². The second-order valence-electron chi connectivity index (χ2n) is 3.37. The van der Waals surface area contributed by atoms with Gasteiger partial charge in [-0.25, -0.2) is 0 Å². The van der Waals surface area contributed by atoms with Crippen LogP contribution in [-0.4, -0.2) is 24.1 Å². The Kier molecular flexibility index (Phi) is 2.26. The van der Waals surface area contributed by atoms with Gasteiger partial charge in [-0.05, 0) is 30.7 Å². The quantitative estimate of drug-likeness (QED) is 0.317. The van der Waals surface area contributed by atoms with E-state index in [4.69, 9.17) is 10.9 Å². The maximum Gasteiger partial charge on any atom is 0.170 e. The highest BCUT2D eigenvalue weighted by atomic mass is 16.4. The zero-order valence-electron chi connectivity index (χ0n) is 7.85. The third-order valence-corrected chi connectivity index (χ3v) is 2.49. The number of amidine groups is 1. The van der Waals surface area contributed by atoms with Gasteiger partial charge in [-0.15, -0.1) is 0 Å². The van der Waals surface area contributed by atoms with Gasteiger partial charge in [-0.1, -0.05) is 5.16 Å². The van der Waals surface area contributed by atoms with Crippen LogP contribution in [0.15, 0.2) is 29.4 Å². The highest BCUT2D eigenvalue weighted by Gasteiger charge is 2.13. The number of oxime groups is 1. The Bertz CT molecular complexity index is 341. The lowest BCUT2D eigenvalue weighted by molar-refractivity contribution is 0.318. The van der Waals surface area contributed by atoms with Gasteiger partial charge in [0.2, 0.25) is 0 Å². The van der Waals surface area contributed by atoms with Gasteiger partial charge >= 0.3 is 0 Å². The molecule has 0 saturated carbocycles. The van der Waals surface area contributed by atoms with Crippen LogP contribution in [0.1, 0.15) is 12.0 Å². The first-order valence-corrected chi connectivity index (χ1v) is 4.64. The number of nitrogens with zero attached hydrogens (tertiary/aromatic N) is 2. The van der Waals surface area contributed by atoms with Crippen LogP contribution >= 0.6 is 0 Å². The fourth-order valence-electron chi connectivity index (χ4n) is 1.48. The van der Waals surface area contributed by atoms with Crippen molar-refractivity contribution < 1.29 is 5.21 Å². The molecule has 0 spiro atoms. The molecule has 3 N–H and O–H groups in total. The minimum atomic E-state index is 0.153. The van der Waals surface area contributed by atoms with Gasteiger partial charge in [0, 0.05) is 24.3 Å². The summed E-state index contributed by atoms with van der Waals surface area (Å²) in [5, 5.41) is 11.4. The van der Waals surface area contributed by atoms with Crippen molar-refractivity contribution in [2.75, 3.05) is 18.0 Å². The lowest BCUT2D eigenvalue weighted by Gasteiger charge is -2.33. The molecule has 1 aromatic carbocycles. The van der Waals surface area contributed by atoms with Gasteiger partial charge in [0.05, 0.1) is 0 Å². The average molecular weight is 191 g/mol. The van der Waals surface area contributed by atoms with E-state index in [1.165, 1.54) is 12.1 Å². The van der Waals surface area contributed by atoms with Crippen molar-refractivity contribution in [1.29, 1.82) is 0 Å². The first-order valence-electron chi connectivity index (χ1n) is 4.64. The van der Waals surface area contributed by atoms with Gasteiger partial charge in [-0.3, -0.25) is 0 Å². The van der Waals surface area contributed by atoms with Crippen LogP contribution in [0.3, 0.4) is 0 Å². The Balaban J connectivity index is 2.17. The number of rotatable bonds is 2. The normalized spacial score (nSPS) is 16.6. The Morgan fingerprint density at radius 1 is 1.29 bits per heavy atom. The summed E-state index contributed by atoms with van der Waals surface area (Å²) in [6, 6.07) is 7.71. The van der Waals surface area contributed by atoms with Gasteiger partial charge in [0.15, 0.2) is 5.84 Å². The van der Waals surface area contributed by atoms with Crippen molar-refractivity contribution in [2.45, 2.75) is 6.42 Å². The second-order valence-corrected chi connectivity index (χ2v) is 3.37. The predicted octanol–water partition coefficient (Wildman–Crippen LogP) is 0.991. The number of hydrogen-bond donors (Lipinski definition) is 2. The molecular formula is C10H13N3O. The SMILES string of the molecule is N/C(=N/O)c1ccc(N2CCC2)cc1. The molecule has 0 unspecified atom stereocenters. The van der Waals surface area contributed by atoms with Crippen molar-refractivity contribution in [1.82, 2.24) is 0 Å². The minimum absolute atomic E-state index is 0.153. The van der Waals surface area contributed by atoms with E-state index in [0.29, 0.717) is 0 Å². The van der Waals surface area contributed by atoms with E-state index in [0.717, 1.165) is 18.7 Å². The summed E-state index contributed by atoms with van der Waals surface area (Å²) < 4.78 is 0. The molecule has 14 heavy (non-hydrogen) atoms. The smallest absolute Gasteiger partial charge is 0.170 e. The van der Waals surface area contributed by atoms with E-state index in [-0.39, 0.29) is 5.84 Å². The molecule has 0 aliphatic carbocycles. The van der Waals surface area contributed by atoms with Crippen molar-refractivity contribution in [2.24, 2.45) is 10.9 Å². The highest BCUT2D eigenvalue weighted by molar-refractivity contribution is 5.97. The van der Waals surface area contributed by atoms with Crippen molar-refractivity contribution in [3.05, 3.63) is 29.8 Å². The molecule has 0 aromatic heterocycles. The van der Waals surface area contributed by atoms with Crippen LogP contribution in [0.4, 0.5) is 5.69 Å². The Morgan fingerprint density at radius 2 is 1.93 bits per heavy atom. The molecule has 1 aromatic rings. The molecule has 0 atom stereocenters. The lowest BCUT2D eigenvalue weighted by Crippen LogP contribution is -2.36. The zero-order chi connectivity index (χ0) is 9.97. The van der Waals surface area contributed by atoms with Gasteiger partial charge in [0.1, 0.15) is 0 Å². The van der Waals surface area contributed by atoms with Crippen LogP contribution in [-0.2, 0) is 0 Å². The van der Waals surface area contributed by atoms with Gasteiger partial charge < -0.3 is 15.8 Å². The second kappa shape index (κ2) is 3.57. The molecule has 4 heteroatoms. The molecule has 74 valence electrons. The topological polar surface area (TPSA) is 61.9 Å². The molecule has 2 rings (SSSR count). The minimum Gasteiger partial charge on any atom is -0.409 e. The standard InChI is InChI=1S/C10H13N3O/c11-10(12-14)8-2-4-9(5-3-8)13-6-1-7-13/h2-5,14H,1,6-7H2,(H2,11,12). The molecule has 0 bridgehead atoms. The van der Waals surface area contributed by atoms with E-state index in [1.807, 2.05) is 24.3 Å². The Labute approximate surface area is 82.6 Å². The van der Waals surface area contributed by atoms with E-state index in [9.17, 15) is 0 Å². The number of nitrogens with two attached hydrogens (primary N) is 1. The first kappa shape index (κ1) is 8.87. The molecule has 0 amide bonds. The fourth-order valence-corrected chi connectivity index (χ4v) is 1.48. The summed E-state index contributed by atoms with van der Waals surface area (Å²) in [5.74, 6) is 0.153. The van der Waals surface area contributed by atoms with E-state index < -0.39 is 0 Å². The average Bonchev–Trinajstić information content (AvgIpc) is 2.15. The van der Waals surface area contributed by atoms with Gasteiger partial charge in [0.25, 0.3) is 0 Å². The van der Waals surface area contributed by atoms with Crippen LogP contribution in [0.2, 0.25) is 0 Å². The van der Waals surface area contributed by atoms with E-state index in [2.05, 4.69) is 10.1 Å². The predicted molar refractivity (Wildman–Crippen MR) is 55.8 cm³/mol. The van der Waals surface area contributed by atoms with Gasteiger partial charge in [-0.2, -0.15) is 0 Å². The summed E-state index contributed by atoms with van der Waals surface area (Å²) in [5.41, 5.74) is 7.40. The number of benzene rings is 1. The van der Waals surface area contributed by atoms with Crippen molar-refractivity contribution >= 4 is 11.5 Å². The molecule has 4 nitrogen and oxygen atoms in total. The number of anilines is 1. The van der Waals surface area contributed by atoms with Crippen LogP contribution in [0.25, 0.3) is 0 Å². The highest BCUT2D eigenvalue weighted by Crippen LogP contribution is 2.20. The van der Waals surface area contributed by atoms with Crippen LogP contribution < -0.4 is 10.6 Å². The fraction of sp³-hybridized carbons (Fsp3) is 0.300. The van der Waals surface area contributed by atoms with E-state index >= 15 is 0 Å². The summed E-state index contributed by atoms with van der Waals surface area (Å²) in [4.78, 5) is 2.29. The molecule has 1 aliphatic rings. The lowest BCUT2D eigenvalue weighted by atomic mass is 10.1. The largest absolute Gasteiger partial charge is 0.409 e. The molecule has 1 aliphatic heterocycles. The van der Waals surface area contributed by atoms with E-state index in [1.54, 1.807) is 0 Å². The summed E-state index contributed by atoms with van der Waals surface area (Å²) in [7, 11) is 0. The molecule has 1 fully saturated rings. The summed E-state index contributed by atoms with van der Waals surface area (Å²) in [6.45, 7) is 2.26. The number of hydrogen-bond acceptors (Lipinski definition) is 3. The molecular weight excluding hydrogens is 178 g/mol. The maximum atomic E-state index is 8.48. The molecule has 1 heterocycles. The molecule has 0 radical (unpaired) electrons. The maximum absolute atomic E-state index is 8.48. The van der Waals surface area contributed by atoms with Crippen LogP contribution in [0, 0.1) is 0 Å². The van der Waals surface area contributed by atoms with Crippen molar-refractivity contribution in [3.8, 4) is 0 Å². The molecule has 1 saturated heterocycles. The Morgan fingerprint density at radius 3 is 2.36 bits per heavy atom. The zero-order valence-corrected chi connectivity index (χ0v) is 7.85. The monoisotopic (exact) mass is 191 g/mol. The summed E-state index contributed by atoms with van der Waals surface area (Å²) in [6.07, 6.45) is 1.27.